The van der Waals surface area contributed by atoms with Crippen LogP contribution in [0.5, 0.6) is 0 Å². The second-order valence-electron chi connectivity index (χ2n) is 6.80. The lowest BCUT2D eigenvalue weighted by Gasteiger charge is -2.30. The summed E-state index contributed by atoms with van der Waals surface area (Å²) in [6.07, 6.45) is 2.71. The molecule has 0 radical (unpaired) electrons. The van der Waals surface area contributed by atoms with E-state index in [2.05, 4.69) is 53.6 Å². The van der Waals surface area contributed by atoms with Gasteiger partial charge in [-0.3, -0.25) is 9.89 Å². The number of nitrogens with one attached hydrogen (secondary N) is 2. The zero-order valence-electron chi connectivity index (χ0n) is 15.4. The summed E-state index contributed by atoms with van der Waals surface area (Å²) in [5, 5.41) is 10.7. The zero-order chi connectivity index (χ0) is 17.8. The predicted molar refractivity (Wildman–Crippen MR) is 99.7 cm³/mol. The van der Waals surface area contributed by atoms with Crippen LogP contribution >= 0.6 is 0 Å². The largest absolute Gasteiger partial charge is 0.334 e. The molecule has 5 heteroatoms. The molecule has 1 unspecified atom stereocenters. The van der Waals surface area contributed by atoms with Crippen molar-refractivity contribution in [2.45, 2.75) is 52.6 Å². The predicted octanol–water partition coefficient (Wildman–Crippen LogP) is 2.85. The molecule has 1 aromatic heterocycles. The van der Waals surface area contributed by atoms with Gasteiger partial charge in [0.25, 0.3) is 5.91 Å². The highest BCUT2D eigenvalue weighted by molar-refractivity contribution is 5.94. The Labute approximate surface area is 149 Å². The lowest BCUT2D eigenvalue weighted by atomic mass is 10.00. The van der Waals surface area contributed by atoms with Crippen LogP contribution < -0.4 is 5.32 Å². The molecule has 2 aromatic rings. The van der Waals surface area contributed by atoms with Crippen LogP contribution in [0.2, 0.25) is 0 Å². The molecule has 0 aliphatic carbocycles. The van der Waals surface area contributed by atoms with Gasteiger partial charge < -0.3 is 10.2 Å². The zero-order valence-corrected chi connectivity index (χ0v) is 15.4. The Morgan fingerprint density at radius 2 is 2.04 bits per heavy atom. The molecule has 134 valence electrons. The molecule has 0 bridgehead atoms. The summed E-state index contributed by atoms with van der Waals surface area (Å²) in [6.45, 7) is 8.64. The lowest BCUT2D eigenvalue weighted by Crippen LogP contribution is -2.42. The number of H-pyrrole nitrogens is 1. The van der Waals surface area contributed by atoms with Crippen LogP contribution in [0, 0.1) is 6.92 Å². The van der Waals surface area contributed by atoms with Gasteiger partial charge in [0, 0.05) is 43.4 Å². The van der Waals surface area contributed by atoms with E-state index in [1.807, 2.05) is 11.8 Å². The number of carbonyl (C=O) groups excluding carboxylic acids is 1. The van der Waals surface area contributed by atoms with Gasteiger partial charge in [-0.15, -0.1) is 0 Å². The van der Waals surface area contributed by atoms with E-state index in [0.717, 1.165) is 43.6 Å². The highest BCUT2D eigenvalue weighted by Gasteiger charge is 2.28. The summed E-state index contributed by atoms with van der Waals surface area (Å²) in [7, 11) is 0. The standard InChI is InChI=1S/C20H28N4O/c1-4-16(12-15-8-6-14(3)7-9-15)24(5-2)20(25)19-17-13-21-11-10-18(17)22-23-19/h6-9,16,21H,4-5,10-13H2,1-3H3,(H,22,23). The van der Waals surface area contributed by atoms with Gasteiger partial charge in [0.1, 0.15) is 0 Å². The summed E-state index contributed by atoms with van der Waals surface area (Å²) in [6, 6.07) is 8.78. The van der Waals surface area contributed by atoms with Crippen molar-refractivity contribution in [2.24, 2.45) is 0 Å². The Balaban J connectivity index is 1.80. The minimum Gasteiger partial charge on any atom is -0.334 e. The Morgan fingerprint density at radius 3 is 2.72 bits per heavy atom. The summed E-state index contributed by atoms with van der Waals surface area (Å²) in [4.78, 5) is 15.1. The third-order valence-corrected chi connectivity index (χ3v) is 5.11. The van der Waals surface area contributed by atoms with Gasteiger partial charge in [0.15, 0.2) is 5.69 Å². The highest BCUT2D eigenvalue weighted by atomic mass is 16.2. The number of hydrogen-bond donors (Lipinski definition) is 2. The van der Waals surface area contributed by atoms with Crippen molar-refractivity contribution < 1.29 is 4.79 Å². The van der Waals surface area contributed by atoms with Gasteiger partial charge in [-0.2, -0.15) is 5.10 Å². The molecule has 1 atom stereocenters. The van der Waals surface area contributed by atoms with Crippen LogP contribution in [0.15, 0.2) is 24.3 Å². The molecule has 0 saturated heterocycles. The number of aryl methyl sites for hydroxylation is 1. The highest BCUT2D eigenvalue weighted by Crippen LogP contribution is 2.20. The minimum absolute atomic E-state index is 0.0441. The molecule has 1 aliphatic heterocycles. The molecule has 5 nitrogen and oxygen atoms in total. The summed E-state index contributed by atoms with van der Waals surface area (Å²) in [5.41, 5.74) is 5.27. The molecule has 0 saturated carbocycles. The Kier molecular flexibility index (Phi) is 5.53. The van der Waals surface area contributed by atoms with E-state index in [4.69, 9.17) is 0 Å². The molecule has 3 rings (SSSR count). The van der Waals surface area contributed by atoms with E-state index in [1.54, 1.807) is 0 Å². The van der Waals surface area contributed by atoms with Crippen molar-refractivity contribution in [3.05, 3.63) is 52.3 Å². The van der Waals surface area contributed by atoms with Crippen molar-refractivity contribution in [3.63, 3.8) is 0 Å². The molecular formula is C20H28N4O. The van der Waals surface area contributed by atoms with Crippen LogP contribution in [-0.2, 0) is 19.4 Å². The van der Waals surface area contributed by atoms with Gasteiger partial charge in [0.05, 0.1) is 0 Å². The number of nitrogens with zero attached hydrogens (tertiary/aromatic N) is 2. The minimum atomic E-state index is 0.0441. The van der Waals surface area contributed by atoms with Crippen molar-refractivity contribution in [1.29, 1.82) is 0 Å². The quantitative estimate of drug-likeness (QED) is 0.850. The monoisotopic (exact) mass is 340 g/mol. The first kappa shape index (κ1) is 17.7. The fourth-order valence-corrected chi connectivity index (χ4v) is 3.58. The molecule has 1 aromatic carbocycles. The van der Waals surface area contributed by atoms with Gasteiger partial charge in [-0.25, -0.2) is 0 Å². The maximum Gasteiger partial charge on any atom is 0.274 e. The summed E-state index contributed by atoms with van der Waals surface area (Å²) < 4.78 is 0. The number of amides is 1. The van der Waals surface area contributed by atoms with Crippen molar-refractivity contribution >= 4 is 5.91 Å². The molecule has 1 aliphatic rings. The molecule has 25 heavy (non-hydrogen) atoms. The molecular weight excluding hydrogens is 312 g/mol. The molecule has 0 fully saturated rings. The lowest BCUT2D eigenvalue weighted by molar-refractivity contribution is 0.0676. The van der Waals surface area contributed by atoms with Gasteiger partial charge in [-0.1, -0.05) is 36.8 Å². The van der Waals surface area contributed by atoms with E-state index >= 15 is 0 Å². The average molecular weight is 340 g/mol. The summed E-state index contributed by atoms with van der Waals surface area (Å²) >= 11 is 0. The molecule has 2 heterocycles. The maximum absolute atomic E-state index is 13.2. The number of rotatable bonds is 6. The van der Waals surface area contributed by atoms with Crippen molar-refractivity contribution in [3.8, 4) is 0 Å². The number of fused-ring (bicyclic) bond motifs is 1. The van der Waals surface area contributed by atoms with Gasteiger partial charge in [0.2, 0.25) is 0 Å². The molecule has 2 N–H and O–H groups in total. The fraction of sp³-hybridized carbons (Fsp3) is 0.500. The fourth-order valence-electron chi connectivity index (χ4n) is 3.58. The van der Waals surface area contributed by atoms with Gasteiger partial charge >= 0.3 is 0 Å². The third-order valence-electron chi connectivity index (χ3n) is 5.11. The van der Waals surface area contributed by atoms with E-state index in [1.165, 1.54) is 11.1 Å². The van der Waals surface area contributed by atoms with Crippen molar-refractivity contribution in [2.75, 3.05) is 13.1 Å². The van der Waals surface area contributed by atoms with Crippen LogP contribution in [0.25, 0.3) is 0 Å². The van der Waals surface area contributed by atoms with E-state index in [-0.39, 0.29) is 11.9 Å². The van der Waals surface area contributed by atoms with Crippen LogP contribution in [-0.4, -0.2) is 40.1 Å². The first-order chi connectivity index (χ1) is 12.1. The van der Waals surface area contributed by atoms with Crippen LogP contribution in [0.4, 0.5) is 0 Å². The van der Waals surface area contributed by atoms with Crippen LogP contribution in [0.1, 0.15) is 53.1 Å². The first-order valence-electron chi connectivity index (χ1n) is 9.27. The molecule has 1 amide bonds. The average Bonchev–Trinajstić information content (AvgIpc) is 3.07. The number of likely N-dealkylation sites (N-methyl/N-ethyl adjacent to an activating group) is 1. The second kappa shape index (κ2) is 7.83. The number of aromatic nitrogens is 2. The van der Waals surface area contributed by atoms with Gasteiger partial charge in [-0.05, 0) is 32.3 Å². The Morgan fingerprint density at radius 1 is 1.28 bits per heavy atom. The maximum atomic E-state index is 13.2. The molecule has 0 spiro atoms. The number of carbonyl (C=O) groups is 1. The first-order valence-corrected chi connectivity index (χ1v) is 9.27. The summed E-state index contributed by atoms with van der Waals surface area (Å²) in [5.74, 6) is 0.0441. The Hall–Kier alpha value is -2.14. The van der Waals surface area contributed by atoms with Crippen molar-refractivity contribution in [1.82, 2.24) is 20.4 Å². The number of benzene rings is 1. The SMILES string of the molecule is CCC(Cc1ccc(C)cc1)N(CC)C(=O)c1n[nH]c2c1CNCC2. The number of hydrogen-bond acceptors (Lipinski definition) is 3. The van der Waals surface area contributed by atoms with E-state index < -0.39 is 0 Å². The second-order valence-corrected chi connectivity index (χ2v) is 6.80. The Bertz CT molecular complexity index is 720. The third kappa shape index (κ3) is 3.76. The van der Waals surface area contributed by atoms with E-state index in [0.29, 0.717) is 12.2 Å². The van der Waals surface area contributed by atoms with E-state index in [9.17, 15) is 4.79 Å². The topological polar surface area (TPSA) is 61.0 Å². The smallest absolute Gasteiger partial charge is 0.274 e. The number of aromatic amines is 1. The van der Waals surface area contributed by atoms with Crippen LogP contribution in [0.3, 0.4) is 0 Å². The normalized spacial score (nSPS) is 14.8.